The van der Waals surface area contributed by atoms with E-state index >= 15 is 0 Å². The largest absolute Gasteiger partial charge is 0.380 e. The molecule has 2 heterocycles. The maximum atomic E-state index is 5.55. The van der Waals surface area contributed by atoms with Crippen LogP contribution >= 0.6 is 0 Å². The highest BCUT2D eigenvalue weighted by Gasteiger charge is 2.20. The number of pyridine rings is 1. The average Bonchev–Trinajstić information content (AvgIpc) is 2.76. The molecule has 0 unspecified atom stereocenters. The van der Waals surface area contributed by atoms with Gasteiger partial charge in [-0.05, 0) is 51.4 Å². The quantitative estimate of drug-likeness (QED) is 0.774. The van der Waals surface area contributed by atoms with Gasteiger partial charge in [-0.1, -0.05) is 6.07 Å². The van der Waals surface area contributed by atoms with Crippen LogP contribution < -0.4 is 5.32 Å². The third-order valence-corrected chi connectivity index (χ3v) is 3.88. The van der Waals surface area contributed by atoms with E-state index in [1.807, 2.05) is 12.3 Å². The van der Waals surface area contributed by atoms with Crippen LogP contribution in [0.25, 0.3) is 0 Å². The summed E-state index contributed by atoms with van der Waals surface area (Å²) in [7, 11) is 0. The van der Waals surface area contributed by atoms with Crippen LogP contribution in [-0.4, -0.2) is 48.8 Å². The van der Waals surface area contributed by atoms with Crippen molar-refractivity contribution in [3.63, 3.8) is 0 Å². The molecule has 4 heteroatoms. The predicted molar refractivity (Wildman–Crippen MR) is 81.6 cm³/mol. The second-order valence-corrected chi connectivity index (χ2v) is 5.32. The maximum Gasteiger partial charge on any atom is 0.0593 e. The van der Waals surface area contributed by atoms with Gasteiger partial charge in [0.05, 0.1) is 12.3 Å². The van der Waals surface area contributed by atoms with E-state index in [0.717, 1.165) is 45.1 Å². The van der Waals surface area contributed by atoms with Gasteiger partial charge in [-0.25, -0.2) is 0 Å². The monoisotopic (exact) mass is 277 g/mol. The molecular weight excluding hydrogens is 250 g/mol. The highest BCUT2D eigenvalue weighted by atomic mass is 16.5. The number of nitrogens with one attached hydrogen (secondary N) is 1. The zero-order valence-corrected chi connectivity index (χ0v) is 12.6. The van der Waals surface area contributed by atoms with Gasteiger partial charge >= 0.3 is 0 Å². The van der Waals surface area contributed by atoms with E-state index < -0.39 is 0 Å². The van der Waals surface area contributed by atoms with E-state index in [0.29, 0.717) is 6.04 Å². The Morgan fingerprint density at radius 3 is 3.10 bits per heavy atom. The van der Waals surface area contributed by atoms with Gasteiger partial charge in [0.15, 0.2) is 0 Å². The maximum absolute atomic E-state index is 5.55. The molecule has 2 rings (SSSR count). The normalized spacial score (nSPS) is 20.0. The van der Waals surface area contributed by atoms with E-state index in [2.05, 4.69) is 34.3 Å². The van der Waals surface area contributed by atoms with Gasteiger partial charge in [0.25, 0.3) is 0 Å². The van der Waals surface area contributed by atoms with Crippen LogP contribution in [0.2, 0.25) is 0 Å². The highest BCUT2D eigenvalue weighted by molar-refractivity contribution is 5.03. The van der Waals surface area contributed by atoms with Gasteiger partial charge in [-0.2, -0.15) is 0 Å². The minimum atomic E-state index is 0.646. The van der Waals surface area contributed by atoms with Crippen molar-refractivity contribution in [2.75, 3.05) is 32.8 Å². The van der Waals surface area contributed by atoms with Crippen LogP contribution in [0.4, 0.5) is 0 Å². The van der Waals surface area contributed by atoms with Crippen molar-refractivity contribution in [2.45, 2.75) is 38.8 Å². The number of nitrogens with zero attached hydrogens (tertiary/aromatic N) is 2. The molecule has 1 aliphatic rings. The molecule has 112 valence electrons. The second-order valence-electron chi connectivity index (χ2n) is 5.32. The first kappa shape index (κ1) is 15.4. The molecule has 20 heavy (non-hydrogen) atoms. The molecule has 0 radical (unpaired) electrons. The van der Waals surface area contributed by atoms with Crippen molar-refractivity contribution in [2.24, 2.45) is 0 Å². The molecule has 1 aromatic rings. The van der Waals surface area contributed by atoms with Gasteiger partial charge < -0.3 is 10.1 Å². The smallest absolute Gasteiger partial charge is 0.0593 e. The number of rotatable bonds is 7. The number of ether oxygens (including phenoxy) is 1. The summed E-state index contributed by atoms with van der Waals surface area (Å²) in [6, 6.07) is 6.80. The van der Waals surface area contributed by atoms with Gasteiger partial charge in [-0.15, -0.1) is 0 Å². The molecule has 1 fully saturated rings. The third-order valence-electron chi connectivity index (χ3n) is 3.88. The molecule has 0 aromatic carbocycles. The minimum Gasteiger partial charge on any atom is -0.380 e. The molecule has 0 aliphatic carbocycles. The Balaban J connectivity index is 1.95. The Bertz CT molecular complexity index is 350. The lowest BCUT2D eigenvalue weighted by Crippen LogP contribution is -2.38. The van der Waals surface area contributed by atoms with Gasteiger partial charge in [0, 0.05) is 31.9 Å². The average molecular weight is 277 g/mol. The fraction of sp³-hybridized carbons (Fsp3) is 0.688. The topological polar surface area (TPSA) is 37.4 Å². The van der Waals surface area contributed by atoms with Crippen LogP contribution in [0.5, 0.6) is 0 Å². The van der Waals surface area contributed by atoms with E-state index in [4.69, 9.17) is 4.74 Å². The summed E-state index contributed by atoms with van der Waals surface area (Å²) in [5, 5.41) is 3.49. The van der Waals surface area contributed by atoms with Crippen molar-refractivity contribution in [1.82, 2.24) is 15.2 Å². The Hall–Kier alpha value is -0.970. The number of hydrogen-bond acceptors (Lipinski definition) is 4. The Kier molecular flexibility index (Phi) is 6.98. The Morgan fingerprint density at radius 2 is 2.30 bits per heavy atom. The first-order valence-corrected chi connectivity index (χ1v) is 7.82. The third kappa shape index (κ3) is 5.19. The van der Waals surface area contributed by atoms with E-state index in [1.54, 1.807) is 0 Å². The lowest BCUT2D eigenvalue weighted by atomic mass is 10.1. The second kappa shape index (κ2) is 9.06. The minimum absolute atomic E-state index is 0.646. The van der Waals surface area contributed by atoms with Crippen molar-refractivity contribution < 1.29 is 4.74 Å². The van der Waals surface area contributed by atoms with Crippen molar-refractivity contribution in [3.05, 3.63) is 30.1 Å². The molecule has 1 aliphatic heterocycles. The number of aromatic nitrogens is 1. The summed E-state index contributed by atoms with van der Waals surface area (Å²) >= 11 is 0. The summed E-state index contributed by atoms with van der Waals surface area (Å²) in [5.41, 5.74) is 1.15. The molecule has 0 saturated carbocycles. The van der Waals surface area contributed by atoms with Crippen LogP contribution in [0.15, 0.2) is 24.4 Å². The van der Waals surface area contributed by atoms with E-state index in [-0.39, 0.29) is 0 Å². The molecule has 0 spiro atoms. The zero-order valence-electron chi connectivity index (χ0n) is 12.6. The lowest BCUT2D eigenvalue weighted by Gasteiger charge is -2.30. The molecule has 1 saturated heterocycles. The molecule has 0 amide bonds. The summed E-state index contributed by atoms with van der Waals surface area (Å²) < 4.78 is 5.55. The molecular formula is C16H27N3O. The molecule has 1 atom stereocenters. The van der Waals surface area contributed by atoms with Crippen molar-refractivity contribution in [3.8, 4) is 0 Å². The number of hydrogen-bond donors (Lipinski definition) is 1. The van der Waals surface area contributed by atoms with Crippen LogP contribution in [0.3, 0.4) is 0 Å². The Morgan fingerprint density at radius 1 is 1.35 bits per heavy atom. The zero-order chi connectivity index (χ0) is 14.0. The first-order valence-electron chi connectivity index (χ1n) is 7.82. The summed E-state index contributed by atoms with van der Waals surface area (Å²) in [6.07, 6.45) is 5.63. The molecule has 1 aromatic heterocycles. The van der Waals surface area contributed by atoms with Gasteiger partial charge in [0.2, 0.25) is 0 Å². The SMILES string of the molecule is CCOCCN(Cc1ccccn1)[C@H]1CCCNCC1. The first-order chi connectivity index (χ1) is 9.90. The predicted octanol–water partition coefficient (Wildman–Crippen LogP) is 2.06. The highest BCUT2D eigenvalue weighted by Crippen LogP contribution is 2.15. The van der Waals surface area contributed by atoms with Crippen molar-refractivity contribution >= 4 is 0 Å². The molecule has 4 nitrogen and oxygen atoms in total. The van der Waals surface area contributed by atoms with Gasteiger partial charge in [0.1, 0.15) is 0 Å². The van der Waals surface area contributed by atoms with E-state index in [9.17, 15) is 0 Å². The van der Waals surface area contributed by atoms with Crippen LogP contribution in [-0.2, 0) is 11.3 Å². The van der Waals surface area contributed by atoms with Gasteiger partial charge in [-0.3, -0.25) is 9.88 Å². The summed E-state index contributed by atoms with van der Waals surface area (Å²) in [4.78, 5) is 7.01. The molecule has 0 bridgehead atoms. The fourth-order valence-corrected chi connectivity index (χ4v) is 2.78. The lowest BCUT2D eigenvalue weighted by molar-refractivity contribution is 0.0851. The van der Waals surface area contributed by atoms with Crippen molar-refractivity contribution in [1.29, 1.82) is 0 Å². The van der Waals surface area contributed by atoms with Crippen LogP contribution in [0, 0.1) is 0 Å². The summed E-state index contributed by atoms with van der Waals surface area (Å²) in [5.74, 6) is 0. The van der Waals surface area contributed by atoms with E-state index in [1.165, 1.54) is 19.3 Å². The summed E-state index contributed by atoms with van der Waals surface area (Å²) in [6.45, 7) is 7.86. The fourth-order valence-electron chi connectivity index (χ4n) is 2.78. The standard InChI is InChI=1S/C16H27N3O/c1-2-20-13-12-19(14-15-6-3-4-10-18-15)16-7-5-9-17-11-8-16/h3-4,6,10,16-17H,2,5,7-9,11-14H2,1H3/t16-/m0/s1. The molecule has 1 N–H and O–H groups in total. The Labute approximate surface area is 122 Å². The van der Waals surface area contributed by atoms with Crippen LogP contribution in [0.1, 0.15) is 31.9 Å².